The third-order valence-electron chi connectivity index (χ3n) is 7.68. The molecule has 1 saturated carbocycles. The molecule has 6 heteroatoms. The summed E-state index contributed by atoms with van der Waals surface area (Å²) in [5, 5.41) is 7.41. The van der Waals surface area contributed by atoms with E-state index in [0.717, 1.165) is 43.9 Å². The van der Waals surface area contributed by atoms with Gasteiger partial charge in [0, 0.05) is 41.6 Å². The normalized spacial score (nSPS) is 14.8. The fourth-order valence-corrected chi connectivity index (χ4v) is 6.20. The lowest BCUT2D eigenvalue weighted by atomic mass is 9.87. The van der Waals surface area contributed by atoms with Gasteiger partial charge in [-0.05, 0) is 47.4 Å². The molecule has 0 unspecified atom stereocenters. The number of nitrogens with one attached hydrogen (secondary N) is 2. The maximum absolute atomic E-state index is 12.8. The lowest BCUT2D eigenvalue weighted by molar-refractivity contribution is 0.0923. The van der Waals surface area contributed by atoms with Crippen LogP contribution in [0.5, 0.6) is 0 Å². The van der Waals surface area contributed by atoms with Crippen molar-refractivity contribution in [2.75, 3.05) is 6.54 Å². The van der Waals surface area contributed by atoms with E-state index in [9.17, 15) is 4.79 Å². The number of hydrogen-bond acceptors (Lipinski definition) is 4. The average molecular weight is 529 g/mol. The molecular formula is C32H40N4OS. The van der Waals surface area contributed by atoms with Crippen molar-refractivity contribution in [2.45, 2.75) is 83.8 Å². The van der Waals surface area contributed by atoms with Crippen LogP contribution in [0, 0.1) is 0 Å². The lowest BCUT2D eigenvalue weighted by Crippen LogP contribution is -2.36. The zero-order chi connectivity index (χ0) is 26.5. The van der Waals surface area contributed by atoms with Crippen LogP contribution in [0.15, 0.2) is 60.1 Å². The molecule has 1 aliphatic carbocycles. The van der Waals surface area contributed by atoms with Crippen molar-refractivity contribution >= 4 is 28.1 Å². The van der Waals surface area contributed by atoms with Gasteiger partial charge in [0.15, 0.2) is 0 Å². The van der Waals surface area contributed by atoms with E-state index in [-0.39, 0.29) is 11.3 Å². The maximum atomic E-state index is 12.8. The van der Waals surface area contributed by atoms with Gasteiger partial charge in [0.2, 0.25) is 0 Å². The molecule has 1 fully saturated rings. The summed E-state index contributed by atoms with van der Waals surface area (Å²) < 4.78 is 0. The van der Waals surface area contributed by atoms with Crippen LogP contribution in [-0.2, 0) is 24.9 Å². The predicted molar refractivity (Wildman–Crippen MR) is 158 cm³/mol. The van der Waals surface area contributed by atoms with Crippen LogP contribution < -0.4 is 5.32 Å². The summed E-state index contributed by atoms with van der Waals surface area (Å²) >= 11 is 1.59. The second-order valence-electron chi connectivity index (χ2n) is 11.7. The molecule has 2 N–H and O–H groups in total. The number of hydrogen-bond donors (Lipinski definition) is 2. The molecule has 0 saturated heterocycles. The molecule has 1 aliphatic rings. The quantitative estimate of drug-likeness (QED) is 0.241. The highest BCUT2D eigenvalue weighted by Gasteiger charge is 2.20. The number of aromatic nitrogens is 2. The molecule has 2 heterocycles. The van der Waals surface area contributed by atoms with Gasteiger partial charge in [0.1, 0.15) is 10.7 Å². The summed E-state index contributed by atoms with van der Waals surface area (Å²) in [6, 6.07) is 17.8. The lowest BCUT2D eigenvalue weighted by Gasteiger charge is -2.23. The number of fused-ring (bicyclic) bond motifs is 1. The van der Waals surface area contributed by atoms with Crippen LogP contribution in [0.1, 0.15) is 85.1 Å². The first kappa shape index (κ1) is 26.6. The first-order chi connectivity index (χ1) is 18.3. The van der Waals surface area contributed by atoms with Crippen LogP contribution in [-0.4, -0.2) is 33.4 Å². The van der Waals surface area contributed by atoms with E-state index in [1.54, 1.807) is 11.3 Å². The van der Waals surface area contributed by atoms with Gasteiger partial charge < -0.3 is 10.3 Å². The highest BCUT2D eigenvalue weighted by molar-refractivity contribution is 7.09. The third kappa shape index (κ3) is 6.72. The standard InChI is InChI=1S/C32H40N4OS/c1-32(2,3)25-15-13-23(14-16-25)20-36(18-17-24-19-33-28-12-8-7-11-27(24)28)21-30-35-29(22-38-30)31(37)34-26-9-5-4-6-10-26/h7-8,11-16,19,22,26,33H,4-6,9-10,17-18,20-21H2,1-3H3,(H,34,37). The molecule has 200 valence electrons. The molecule has 0 spiro atoms. The van der Waals surface area contributed by atoms with Crippen molar-refractivity contribution < 1.29 is 4.79 Å². The van der Waals surface area contributed by atoms with Gasteiger partial charge in [-0.15, -0.1) is 11.3 Å². The smallest absolute Gasteiger partial charge is 0.270 e. The Morgan fingerprint density at radius 3 is 2.58 bits per heavy atom. The van der Waals surface area contributed by atoms with Crippen LogP contribution in [0.4, 0.5) is 0 Å². The minimum Gasteiger partial charge on any atom is -0.361 e. The molecule has 38 heavy (non-hydrogen) atoms. The number of aromatic amines is 1. The zero-order valence-corrected chi connectivity index (χ0v) is 23.7. The fraction of sp³-hybridized carbons (Fsp3) is 0.438. The van der Waals surface area contributed by atoms with E-state index in [1.165, 1.54) is 46.9 Å². The number of thiazole rings is 1. The topological polar surface area (TPSA) is 61.0 Å². The molecule has 5 rings (SSSR count). The van der Waals surface area contributed by atoms with Crippen molar-refractivity contribution in [3.8, 4) is 0 Å². The second kappa shape index (κ2) is 11.8. The number of benzene rings is 2. The van der Waals surface area contributed by atoms with Crippen molar-refractivity contribution in [3.05, 3.63) is 87.5 Å². The largest absolute Gasteiger partial charge is 0.361 e. The van der Waals surface area contributed by atoms with Crippen molar-refractivity contribution in [1.82, 2.24) is 20.2 Å². The Kier molecular flexibility index (Phi) is 8.29. The molecule has 0 aliphatic heterocycles. The van der Waals surface area contributed by atoms with Crippen LogP contribution in [0.2, 0.25) is 0 Å². The Morgan fingerprint density at radius 2 is 1.82 bits per heavy atom. The summed E-state index contributed by atoms with van der Waals surface area (Å²) in [5.74, 6) is -0.0255. The Balaban J connectivity index is 1.29. The first-order valence-electron chi connectivity index (χ1n) is 14.0. The Labute approximate surface area is 230 Å². The number of para-hydroxylation sites is 1. The Morgan fingerprint density at radius 1 is 1.05 bits per heavy atom. The average Bonchev–Trinajstić information content (AvgIpc) is 3.55. The Bertz CT molecular complexity index is 1340. The van der Waals surface area contributed by atoms with Crippen LogP contribution >= 0.6 is 11.3 Å². The molecule has 1 amide bonds. The number of carbonyl (C=O) groups excluding carboxylic acids is 1. The monoisotopic (exact) mass is 528 g/mol. The zero-order valence-electron chi connectivity index (χ0n) is 22.9. The summed E-state index contributed by atoms with van der Waals surface area (Å²) in [4.78, 5) is 23.5. The predicted octanol–water partition coefficient (Wildman–Crippen LogP) is 7.23. The summed E-state index contributed by atoms with van der Waals surface area (Å²) in [6.45, 7) is 9.23. The van der Waals surface area contributed by atoms with Gasteiger partial charge in [0.05, 0.1) is 6.54 Å². The molecule has 0 atom stereocenters. The van der Waals surface area contributed by atoms with E-state index in [2.05, 4.69) is 90.7 Å². The highest BCUT2D eigenvalue weighted by Crippen LogP contribution is 2.24. The summed E-state index contributed by atoms with van der Waals surface area (Å²) in [5.41, 5.74) is 5.86. The number of rotatable bonds is 9. The molecular weight excluding hydrogens is 488 g/mol. The number of nitrogens with zero attached hydrogens (tertiary/aromatic N) is 2. The summed E-state index contributed by atoms with van der Waals surface area (Å²) in [7, 11) is 0. The molecule has 0 bridgehead atoms. The van der Waals surface area contributed by atoms with E-state index in [0.29, 0.717) is 11.7 Å². The SMILES string of the molecule is CC(C)(C)c1ccc(CN(CCc2c[nH]c3ccccc23)Cc2nc(C(=O)NC3CCCCC3)cs2)cc1. The summed E-state index contributed by atoms with van der Waals surface area (Å²) in [6.07, 6.45) is 8.94. The highest BCUT2D eigenvalue weighted by atomic mass is 32.1. The minimum absolute atomic E-state index is 0.0255. The molecule has 2 aromatic heterocycles. The molecule has 5 nitrogen and oxygen atoms in total. The van der Waals surface area contributed by atoms with Gasteiger partial charge in [-0.25, -0.2) is 4.98 Å². The van der Waals surface area contributed by atoms with Crippen molar-refractivity contribution in [3.63, 3.8) is 0 Å². The van der Waals surface area contributed by atoms with Crippen molar-refractivity contribution in [1.29, 1.82) is 0 Å². The second-order valence-corrected chi connectivity index (χ2v) is 12.6. The van der Waals surface area contributed by atoms with Gasteiger partial charge in [0.25, 0.3) is 5.91 Å². The number of amides is 1. The minimum atomic E-state index is -0.0255. The Hall–Kier alpha value is -2.96. The number of H-pyrrole nitrogens is 1. The third-order valence-corrected chi connectivity index (χ3v) is 8.52. The van der Waals surface area contributed by atoms with Crippen molar-refractivity contribution in [2.24, 2.45) is 0 Å². The van der Waals surface area contributed by atoms with E-state index in [4.69, 9.17) is 4.98 Å². The van der Waals surface area contributed by atoms with E-state index in [1.807, 2.05) is 5.38 Å². The molecule has 4 aromatic rings. The van der Waals surface area contributed by atoms with Gasteiger partial charge in [-0.3, -0.25) is 9.69 Å². The fourth-order valence-electron chi connectivity index (χ4n) is 5.38. The first-order valence-corrected chi connectivity index (χ1v) is 14.9. The van der Waals surface area contributed by atoms with Crippen LogP contribution in [0.3, 0.4) is 0 Å². The maximum Gasteiger partial charge on any atom is 0.270 e. The van der Waals surface area contributed by atoms with E-state index >= 15 is 0 Å². The molecule has 2 aromatic carbocycles. The van der Waals surface area contributed by atoms with Crippen LogP contribution in [0.25, 0.3) is 10.9 Å². The van der Waals surface area contributed by atoms with Gasteiger partial charge >= 0.3 is 0 Å². The van der Waals surface area contributed by atoms with Gasteiger partial charge in [-0.2, -0.15) is 0 Å². The van der Waals surface area contributed by atoms with E-state index < -0.39 is 0 Å². The molecule has 0 radical (unpaired) electrons. The number of carbonyl (C=O) groups is 1. The van der Waals surface area contributed by atoms with Gasteiger partial charge in [-0.1, -0.05) is 82.5 Å².